The lowest BCUT2D eigenvalue weighted by molar-refractivity contribution is 0.0734. The van der Waals surface area contributed by atoms with E-state index in [2.05, 4.69) is 29.4 Å². The van der Waals surface area contributed by atoms with E-state index in [0.717, 1.165) is 23.4 Å². The van der Waals surface area contributed by atoms with Crippen molar-refractivity contribution in [3.8, 4) is 11.4 Å². The molecule has 0 unspecified atom stereocenters. The summed E-state index contributed by atoms with van der Waals surface area (Å²) in [5.74, 6) is -0.00903. The van der Waals surface area contributed by atoms with Crippen LogP contribution in [-0.4, -0.2) is 31.7 Å². The van der Waals surface area contributed by atoms with Gasteiger partial charge in [-0.1, -0.05) is 60.7 Å². The second kappa shape index (κ2) is 8.82. The average Bonchev–Trinajstić information content (AvgIpc) is 3.37. The molecule has 30 heavy (non-hydrogen) atoms. The maximum atomic E-state index is 13.5. The first-order chi connectivity index (χ1) is 14.6. The Morgan fingerprint density at radius 1 is 0.900 bits per heavy atom. The molecule has 0 N–H and O–H groups in total. The molecule has 1 amide bonds. The number of aryl methyl sites for hydroxylation is 2. The second-order valence-corrected chi connectivity index (χ2v) is 7.49. The number of benzene rings is 2. The number of hydrogen-bond donors (Lipinski definition) is 0. The van der Waals surface area contributed by atoms with Gasteiger partial charge in [-0.05, 0) is 35.7 Å². The van der Waals surface area contributed by atoms with Gasteiger partial charge in [-0.2, -0.15) is 5.10 Å². The largest absolute Gasteiger partial charge is 0.349 e. The molecule has 0 spiro atoms. The van der Waals surface area contributed by atoms with Crippen LogP contribution in [0, 0.1) is 0 Å². The van der Waals surface area contributed by atoms with Gasteiger partial charge in [0, 0.05) is 33.4 Å². The van der Waals surface area contributed by atoms with Crippen molar-refractivity contribution in [2.75, 3.05) is 6.54 Å². The van der Waals surface area contributed by atoms with Gasteiger partial charge in [0.1, 0.15) is 11.4 Å². The third-order valence-electron chi connectivity index (χ3n) is 5.32. The quantitative estimate of drug-likeness (QED) is 0.466. The molecule has 4 rings (SSSR count). The summed E-state index contributed by atoms with van der Waals surface area (Å²) in [5, 5.41) is 4.59. The van der Waals surface area contributed by atoms with Crippen molar-refractivity contribution in [2.45, 2.75) is 13.0 Å². The van der Waals surface area contributed by atoms with Crippen LogP contribution in [0.4, 0.5) is 0 Å². The minimum Gasteiger partial charge on any atom is -0.349 e. The fraction of sp³-hybridized carbons (Fsp3) is 0.200. The summed E-state index contributed by atoms with van der Waals surface area (Å²) in [5.41, 5.74) is 4.72. The molecule has 2 heterocycles. The highest BCUT2D eigenvalue weighted by Gasteiger charge is 2.21. The first-order valence-corrected chi connectivity index (χ1v) is 10.1. The van der Waals surface area contributed by atoms with Crippen molar-refractivity contribution in [1.82, 2.24) is 19.2 Å². The molecule has 0 fully saturated rings. The normalized spacial score (nSPS) is 10.9. The molecule has 2 aromatic carbocycles. The average molecular weight is 399 g/mol. The molecule has 5 heteroatoms. The zero-order valence-electron chi connectivity index (χ0n) is 17.4. The van der Waals surface area contributed by atoms with Gasteiger partial charge in [-0.3, -0.25) is 9.48 Å². The predicted molar refractivity (Wildman–Crippen MR) is 119 cm³/mol. The lowest BCUT2D eigenvalue weighted by Gasteiger charge is -2.23. The van der Waals surface area contributed by atoms with Crippen LogP contribution in [-0.2, 0) is 27.1 Å². The summed E-state index contributed by atoms with van der Waals surface area (Å²) in [4.78, 5) is 15.4. The van der Waals surface area contributed by atoms with Crippen molar-refractivity contribution in [3.63, 3.8) is 0 Å². The number of nitrogens with zero attached hydrogens (tertiary/aromatic N) is 4. The monoisotopic (exact) mass is 398 g/mol. The highest BCUT2D eigenvalue weighted by Crippen LogP contribution is 2.20. The summed E-state index contributed by atoms with van der Waals surface area (Å²) in [6, 6.07) is 26.3. The Bertz CT molecular complexity index is 1110. The zero-order valence-corrected chi connectivity index (χ0v) is 17.4. The van der Waals surface area contributed by atoms with Gasteiger partial charge in [0.05, 0.1) is 5.69 Å². The molecular formula is C25H26N4O. The first-order valence-electron chi connectivity index (χ1n) is 10.1. The fourth-order valence-corrected chi connectivity index (χ4v) is 3.65. The lowest BCUT2D eigenvalue weighted by atomic mass is 10.1. The third kappa shape index (κ3) is 4.35. The van der Waals surface area contributed by atoms with Gasteiger partial charge in [0.15, 0.2) is 0 Å². The molecule has 0 bridgehead atoms. The molecule has 2 aromatic heterocycles. The van der Waals surface area contributed by atoms with E-state index in [1.165, 1.54) is 5.56 Å². The molecule has 0 atom stereocenters. The van der Waals surface area contributed by atoms with E-state index in [0.29, 0.717) is 18.8 Å². The number of hydrogen-bond acceptors (Lipinski definition) is 2. The van der Waals surface area contributed by atoms with Crippen LogP contribution in [0.5, 0.6) is 0 Å². The Kier molecular flexibility index (Phi) is 5.80. The number of rotatable bonds is 7. The van der Waals surface area contributed by atoms with Crippen LogP contribution in [0.2, 0.25) is 0 Å². The van der Waals surface area contributed by atoms with E-state index in [-0.39, 0.29) is 5.91 Å². The lowest BCUT2D eigenvalue weighted by Crippen LogP contribution is -2.33. The summed E-state index contributed by atoms with van der Waals surface area (Å²) in [6.45, 7) is 1.21. The van der Waals surface area contributed by atoms with E-state index in [9.17, 15) is 4.79 Å². The molecule has 5 nitrogen and oxygen atoms in total. The Labute approximate surface area is 177 Å². The van der Waals surface area contributed by atoms with E-state index in [1.54, 1.807) is 4.68 Å². The molecule has 0 radical (unpaired) electrons. The minimum absolute atomic E-state index is 0.00903. The third-order valence-corrected chi connectivity index (χ3v) is 5.32. The van der Waals surface area contributed by atoms with Gasteiger partial charge < -0.3 is 9.47 Å². The number of amides is 1. The molecule has 152 valence electrons. The molecule has 0 aliphatic heterocycles. The van der Waals surface area contributed by atoms with Crippen molar-refractivity contribution in [1.29, 1.82) is 0 Å². The Morgan fingerprint density at radius 3 is 2.20 bits per heavy atom. The van der Waals surface area contributed by atoms with Gasteiger partial charge in [-0.15, -0.1) is 0 Å². The van der Waals surface area contributed by atoms with Gasteiger partial charge in [0.25, 0.3) is 5.91 Å². The molecular weight excluding hydrogens is 372 g/mol. The fourth-order valence-electron chi connectivity index (χ4n) is 3.65. The SMILES string of the molecule is Cn1cccc1-c1cc(C(=O)N(CCc2ccccc2)Cc2ccccc2)n(C)n1. The van der Waals surface area contributed by atoms with Crippen molar-refractivity contribution in [3.05, 3.63) is 102 Å². The van der Waals surface area contributed by atoms with Gasteiger partial charge in [-0.25, -0.2) is 0 Å². The van der Waals surface area contributed by atoms with E-state index < -0.39 is 0 Å². The van der Waals surface area contributed by atoms with Crippen LogP contribution in [0.3, 0.4) is 0 Å². The summed E-state index contributed by atoms with van der Waals surface area (Å²) < 4.78 is 3.69. The topological polar surface area (TPSA) is 43.1 Å². The van der Waals surface area contributed by atoms with Crippen molar-refractivity contribution >= 4 is 5.91 Å². The molecule has 4 aromatic rings. The zero-order chi connectivity index (χ0) is 20.9. The summed E-state index contributed by atoms with van der Waals surface area (Å²) in [7, 11) is 3.81. The van der Waals surface area contributed by atoms with Crippen LogP contribution < -0.4 is 0 Å². The highest BCUT2D eigenvalue weighted by atomic mass is 16.2. The molecule has 0 saturated carbocycles. The first kappa shape index (κ1) is 19.7. The van der Waals surface area contributed by atoms with Gasteiger partial charge in [0.2, 0.25) is 0 Å². The van der Waals surface area contributed by atoms with Crippen LogP contribution in [0.15, 0.2) is 85.1 Å². The molecule has 0 aliphatic rings. The second-order valence-electron chi connectivity index (χ2n) is 7.49. The van der Waals surface area contributed by atoms with Crippen LogP contribution in [0.1, 0.15) is 21.6 Å². The molecule has 0 aliphatic carbocycles. The molecule has 0 saturated heterocycles. The van der Waals surface area contributed by atoms with E-state index >= 15 is 0 Å². The van der Waals surface area contributed by atoms with Crippen LogP contribution >= 0.6 is 0 Å². The number of carbonyl (C=O) groups excluding carboxylic acids is 1. The van der Waals surface area contributed by atoms with Crippen LogP contribution in [0.25, 0.3) is 11.4 Å². The Morgan fingerprint density at radius 2 is 1.57 bits per heavy atom. The van der Waals surface area contributed by atoms with Gasteiger partial charge >= 0.3 is 0 Å². The maximum absolute atomic E-state index is 13.5. The predicted octanol–water partition coefficient (Wildman–Crippen LogP) is 4.31. The van der Waals surface area contributed by atoms with Crippen molar-refractivity contribution in [2.24, 2.45) is 14.1 Å². The summed E-state index contributed by atoms with van der Waals surface area (Å²) in [6.07, 6.45) is 2.79. The smallest absolute Gasteiger partial charge is 0.272 e. The van der Waals surface area contributed by atoms with Crippen molar-refractivity contribution < 1.29 is 4.79 Å². The standard InChI is InChI=1S/C25H26N4O/c1-27-16-9-14-23(27)22-18-24(28(2)26-22)25(30)29(19-21-12-7-4-8-13-21)17-15-20-10-5-3-6-11-20/h3-14,16,18H,15,17,19H2,1-2H3. The number of aromatic nitrogens is 3. The van der Waals surface area contributed by atoms with E-state index in [1.807, 2.05) is 84.4 Å². The maximum Gasteiger partial charge on any atom is 0.272 e. The highest BCUT2D eigenvalue weighted by molar-refractivity contribution is 5.93. The Hall–Kier alpha value is -3.60. The summed E-state index contributed by atoms with van der Waals surface area (Å²) >= 11 is 0. The minimum atomic E-state index is -0.00903. The Balaban J connectivity index is 1.60. The van der Waals surface area contributed by atoms with E-state index in [4.69, 9.17) is 0 Å². The number of carbonyl (C=O) groups is 1.